The molecule has 1 atom stereocenters. The number of hydrogen-bond acceptors (Lipinski definition) is 5. The zero-order chi connectivity index (χ0) is 22.2. The number of nitrogens with zero attached hydrogens (tertiary/aromatic N) is 2. The Balaban J connectivity index is 1.37. The third-order valence-electron chi connectivity index (χ3n) is 5.89. The average molecular weight is 438 g/mol. The van der Waals surface area contributed by atoms with Crippen LogP contribution in [0.3, 0.4) is 0 Å². The van der Waals surface area contributed by atoms with Crippen LogP contribution in [0.5, 0.6) is 5.75 Å². The van der Waals surface area contributed by atoms with E-state index in [2.05, 4.69) is 4.98 Å². The molecule has 0 saturated carbocycles. The highest BCUT2D eigenvalue weighted by atomic mass is 19.4. The van der Waals surface area contributed by atoms with Gasteiger partial charge in [-0.3, -0.25) is 4.79 Å². The number of ether oxygens (including phenoxy) is 1. The van der Waals surface area contributed by atoms with Crippen LogP contribution in [0.4, 0.5) is 23.4 Å². The number of aromatic nitrogens is 1. The maximum absolute atomic E-state index is 14.2. The summed E-state index contributed by atoms with van der Waals surface area (Å²) >= 11 is 0. The van der Waals surface area contributed by atoms with Gasteiger partial charge in [0.25, 0.3) is 0 Å². The lowest BCUT2D eigenvalue weighted by Gasteiger charge is -2.45. The molecule has 2 aliphatic rings. The van der Waals surface area contributed by atoms with Gasteiger partial charge in [-0.2, -0.15) is 13.2 Å². The first-order chi connectivity index (χ1) is 14.7. The number of benzene rings is 1. The lowest BCUT2D eigenvalue weighted by molar-refractivity contribution is -0.174. The fourth-order valence-electron chi connectivity index (χ4n) is 4.07. The van der Waals surface area contributed by atoms with Crippen LogP contribution in [0.15, 0.2) is 36.5 Å². The Morgan fingerprint density at radius 1 is 1.19 bits per heavy atom. The number of halogens is 4. The minimum absolute atomic E-state index is 0.262. The van der Waals surface area contributed by atoms with Crippen LogP contribution in [0.1, 0.15) is 36.6 Å². The Hall–Kier alpha value is -2.88. The number of carbonyl (C=O) groups is 1. The average Bonchev–Trinajstić information content (AvgIpc) is 2.74. The molecule has 1 aromatic heterocycles. The second-order valence-corrected chi connectivity index (χ2v) is 7.90. The van der Waals surface area contributed by atoms with E-state index in [1.807, 2.05) is 11.0 Å². The van der Waals surface area contributed by atoms with Gasteiger partial charge >= 0.3 is 12.1 Å². The van der Waals surface area contributed by atoms with Gasteiger partial charge in [0.2, 0.25) is 0 Å². The van der Waals surface area contributed by atoms with Crippen molar-refractivity contribution >= 4 is 11.7 Å². The van der Waals surface area contributed by atoms with E-state index in [0.717, 1.165) is 18.4 Å². The summed E-state index contributed by atoms with van der Waals surface area (Å²) in [7, 11) is 0. The first-order valence-electron chi connectivity index (χ1n) is 9.97. The molecule has 3 N–H and O–H groups in total. The third-order valence-corrected chi connectivity index (χ3v) is 5.89. The Kier molecular flexibility index (Phi) is 5.50. The van der Waals surface area contributed by atoms with Crippen LogP contribution in [-0.4, -0.2) is 35.8 Å². The highest BCUT2D eigenvalue weighted by Gasteiger charge is 2.41. The Morgan fingerprint density at radius 3 is 2.58 bits per heavy atom. The van der Waals surface area contributed by atoms with E-state index in [1.54, 1.807) is 17.4 Å². The number of rotatable bonds is 3. The van der Waals surface area contributed by atoms with E-state index < -0.39 is 23.9 Å². The van der Waals surface area contributed by atoms with Gasteiger partial charge in [-0.25, -0.2) is 9.37 Å². The number of carbonyl (C=O) groups excluding carboxylic acids is 1. The van der Waals surface area contributed by atoms with Crippen LogP contribution in [-0.2, 0) is 11.2 Å². The molecule has 1 saturated heterocycles. The van der Waals surface area contributed by atoms with Gasteiger partial charge < -0.3 is 20.7 Å². The number of hydrogen-bond donors (Lipinski definition) is 2. The maximum Gasteiger partial charge on any atom is 0.471 e. The largest absolute Gasteiger partial charge is 0.484 e. The number of amides is 1. The van der Waals surface area contributed by atoms with Gasteiger partial charge in [0.05, 0.1) is 0 Å². The predicted octanol–water partition coefficient (Wildman–Crippen LogP) is 3.22. The molecule has 2 aliphatic heterocycles. The van der Waals surface area contributed by atoms with Crippen LogP contribution < -0.4 is 20.7 Å². The number of alkyl halides is 3. The molecular weight excluding hydrogens is 416 g/mol. The highest BCUT2D eigenvalue weighted by molar-refractivity contribution is 5.82. The molecule has 166 valence electrons. The molecule has 10 heteroatoms. The normalized spacial score (nSPS) is 18.8. The number of para-hydroxylation sites is 1. The summed E-state index contributed by atoms with van der Waals surface area (Å²) in [5.74, 6) is -1.45. The summed E-state index contributed by atoms with van der Waals surface area (Å²) in [4.78, 5) is 17.4. The minimum atomic E-state index is -5.00. The number of nitrogens with two attached hydrogens (primary N) is 1. The molecule has 1 aromatic carbocycles. The van der Waals surface area contributed by atoms with Crippen molar-refractivity contribution in [1.82, 2.24) is 10.3 Å². The quantitative estimate of drug-likeness (QED) is 0.568. The smallest absolute Gasteiger partial charge is 0.471 e. The number of nitrogens with one attached hydrogen (secondary N) is 1. The monoisotopic (exact) mass is 438 g/mol. The zero-order valence-corrected chi connectivity index (χ0v) is 16.6. The Labute approximate surface area is 176 Å². The van der Waals surface area contributed by atoms with Crippen molar-refractivity contribution in [3.63, 3.8) is 0 Å². The first-order valence-corrected chi connectivity index (χ1v) is 9.97. The topological polar surface area (TPSA) is 80.5 Å². The van der Waals surface area contributed by atoms with Crippen molar-refractivity contribution in [2.45, 2.75) is 43.6 Å². The van der Waals surface area contributed by atoms with E-state index in [0.29, 0.717) is 37.5 Å². The summed E-state index contributed by atoms with van der Waals surface area (Å²) in [6, 6.07) is 8.17. The van der Waals surface area contributed by atoms with Gasteiger partial charge in [-0.05, 0) is 30.5 Å². The molecule has 31 heavy (non-hydrogen) atoms. The fraction of sp³-hybridized carbons (Fsp3) is 0.429. The number of piperidine rings is 1. The van der Waals surface area contributed by atoms with Crippen molar-refractivity contribution in [3.8, 4) is 5.75 Å². The van der Waals surface area contributed by atoms with Crippen molar-refractivity contribution in [1.29, 1.82) is 0 Å². The molecule has 2 aromatic rings. The summed E-state index contributed by atoms with van der Waals surface area (Å²) in [6.07, 6.45) is -1.98. The molecule has 0 aliphatic carbocycles. The van der Waals surface area contributed by atoms with E-state index >= 15 is 0 Å². The Morgan fingerprint density at radius 2 is 1.94 bits per heavy atom. The number of fused-ring (bicyclic) bond motifs is 1. The molecule has 3 heterocycles. The van der Waals surface area contributed by atoms with Crippen molar-refractivity contribution in [2.24, 2.45) is 5.73 Å². The Bertz CT molecular complexity index is 957. The standard InChI is InChI=1S/C21H22F4N4O2/c22-15-3-1-2-13-6-7-20(31-17(13)15)8-10-29(11-9-20)16-5-4-14(12-27-16)18(26)28-19(30)21(23,24)25/h1-5,12,18H,6-11,26H2,(H,28,30). The van der Waals surface area contributed by atoms with E-state index in [-0.39, 0.29) is 11.4 Å². The maximum atomic E-state index is 14.2. The second-order valence-electron chi connectivity index (χ2n) is 7.90. The number of pyridine rings is 1. The second kappa shape index (κ2) is 7.99. The molecule has 0 bridgehead atoms. The van der Waals surface area contributed by atoms with Gasteiger partial charge in [0.15, 0.2) is 11.6 Å². The predicted molar refractivity (Wildman–Crippen MR) is 105 cm³/mol. The SMILES string of the molecule is NC(NC(=O)C(F)(F)F)c1ccc(N2CCC3(CCc4cccc(F)c4O3)CC2)nc1. The molecule has 1 spiro atoms. The molecule has 4 rings (SSSR count). The van der Waals surface area contributed by atoms with Crippen molar-refractivity contribution in [3.05, 3.63) is 53.5 Å². The zero-order valence-electron chi connectivity index (χ0n) is 16.6. The summed E-state index contributed by atoms with van der Waals surface area (Å²) < 4.78 is 57.4. The molecular formula is C21H22F4N4O2. The summed E-state index contributed by atoms with van der Waals surface area (Å²) in [6.45, 7) is 1.29. The molecule has 1 amide bonds. The number of aryl methyl sites for hydroxylation is 1. The first kappa shape index (κ1) is 21.4. The summed E-state index contributed by atoms with van der Waals surface area (Å²) in [5, 5.41) is 1.70. The van der Waals surface area contributed by atoms with Gasteiger partial charge in [-0.15, -0.1) is 0 Å². The molecule has 0 radical (unpaired) electrons. The van der Waals surface area contributed by atoms with Crippen LogP contribution in [0, 0.1) is 5.82 Å². The van der Waals surface area contributed by atoms with E-state index in [1.165, 1.54) is 18.3 Å². The summed E-state index contributed by atoms with van der Waals surface area (Å²) in [5.41, 5.74) is 6.38. The van der Waals surface area contributed by atoms with Gasteiger partial charge in [-0.1, -0.05) is 18.2 Å². The fourth-order valence-corrected chi connectivity index (χ4v) is 4.07. The van der Waals surface area contributed by atoms with Gasteiger partial charge in [0.1, 0.15) is 17.6 Å². The van der Waals surface area contributed by atoms with Crippen LogP contribution in [0.25, 0.3) is 0 Å². The van der Waals surface area contributed by atoms with Crippen molar-refractivity contribution in [2.75, 3.05) is 18.0 Å². The molecule has 1 fully saturated rings. The van der Waals surface area contributed by atoms with Crippen LogP contribution >= 0.6 is 0 Å². The minimum Gasteiger partial charge on any atom is -0.484 e. The van der Waals surface area contributed by atoms with Crippen LogP contribution in [0.2, 0.25) is 0 Å². The van der Waals surface area contributed by atoms with E-state index in [4.69, 9.17) is 10.5 Å². The van der Waals surface area contributed by atoms with Gasteiger partial charge in [0, 0.05) is 37.7 Å². The number of anilines is 1. The van der Waals surface area contributed by atoms with E-state index in [9.17, 15) is 22.4 Å². The molecule has 1 unspecified atom stereocenters. The molecule has 6 nitrogen and oxygen atoms in total. The highest BCUT2D eigenvalue weighted by Crippen LogP contribution is 2.41. The lowest BCUT2D eigenvalue weighted by Crippen LogP contribution is -2.50. The third kappa shape index (κ3) is 4.43. The lowest BCUT2D eigenvalue weighted by atomic mass is 9.83. The van der Waals surface area contributed by atoms with Crippen molar-refractivity contribution < 1.29 is 27.1 Å².